The molecule has 5 heteroatoms. The predicted octanol–water partition coefficient (Wildman–Crippen LogP) is 4.73. The van der Waals surface area contributed by atoms with Gasteiger partial charge in [-0.3, -0.25) is 5.10 Å². The number of halogens is 1. The molecule has 3 aromatic rings. The van der Waals surface area contributed by atoms with E-state index in [0.29, 0.717) is 5.15 Å². The third-order valence-corrected chi connectivity index (χ3v) is 4.64. The summed E-state index contributed by atoms with van der Waals surface area (Å²) in [6.45, 7) is 2.10. The normalized spacial score (nSPS) is 12.9. The lowest BCUT2D eigenvalue weighted by Gasteiger charge is -2.21. The molecule has 1 aromatic heterocycles. The van der Waals surface area contributed by atoms with Gasteiger partial charge >= 0.3 is 0 Å². The van der Waals surface area contributed by atoms with E-state index < -0.39 is 0 Å². The molecule has 0 aliphatic carbocycles. The third kappa shape index (κ3) is 1.71. The van der Waals surface area contributed by atoms with Crippen LogP contribution in [0.15, 0.2) is 40.1 Å². The summed E-state index contributed by atoms with van der Waals surface area (Å²) in [5, 5.41) is 12.0. The van der Waals surface area contributed by atoms with Crippen molar-refractivity contribution in [3.8, 4) is 0 Å². The molecule has 0 atom stereocenters. The van der Waals surface area contributed by atoms with E-state index >= 15 is 0 Å². The molecule has 2 aromatic carbocycles. The van der Waals surface area contributed by atoms with Gasteiger partial charge in [0.1, 0.15) is 5.15 Å². The standard InChI is InChI=1S/C14H10ClN3S/c1-7-2-3-9-12(4-7)19-13-5-8-10(6-11(13)16-9)17-18-14(8)15/h2-6,16H,1H3,(H,17,18). The van der Waals surface area contributed by atoms with Crippen molar-refractivity contribution in [1.29, 1.82) is 0 Å². The highest BCUT2D eigenvalue weighted by Crippen LogP contribution is 2.46. The van der Waals surface area contributed by atoms with Gasteiger partial charge in [0.25, 0.3) is 0 Å². The molecule has 4 rings (SSSR count). The molecule has 1 aliphatic rings. The Balaban J connectivity index is 1.91. The number of benzene rings is 2. The molecule has 0 spiro atoms. The number of fused-ring (bicyclic) bond motifs is 3. The maximum absolute atomic E-state index is 6.09. The Bertz CT molecular complexity index is 810. The van der Waals surface area contributed by atoms with Gasteiger partial charge in [-0.25, -0.2) is 0 Å². The zero-order valence-corrected chi connectivity index (χ0v) is 11.7. The van der Waals surface area contributed by atoms with Crippen LogP contribution in [0.3, 0.4) is 0 Å². The fraction of sp³-hybridized carbons (Fsp3) is 0.0714. The smallest absolute Gasteiger partial charge is 0.132 e. The Morgan fingerprint density at radius 3 is 2.84 bits per heavy atom. The van der Waals surface area contributed by atoms with Crippen LogP contribution in [0.2, 0.25) is 5.15 Å². The molecule has 0 radical (unpaired) electrons. The van der Waals surface area contributed by atoms with Crippen LogP contribution >= 0.6 is 23.4 Å². The number of aryl methyl sites for hydroxylation is 1. The second-order valence-corrected chi connectivity index (χ2v) is 6.09. The van der Waals surface area contributed by atoms with Crippen LogP contribution in [0, 0.1) is 6.92 Å². The Morgan fingerprint density at radius 2 is 1.95 bits per heavy atom. The van der Waals surface area contributed by atoms with E-state index in [1.54, 1.807) is 11.8 Å². The van der Waals surface area contributed by atoms with Crippen molar-refractivity contribution in [2.45, 2.75) is 16.7 Å². The molecule has 3 nitrogen and oxygen atoms in total. The van der Waals surface area contributed by atoms with Gasteiger partial charge in [0.15, 0.2) is 0 Å². The molecular weight excluding hydrogens is 278 g/mol. The lowest BCUT2D eigenvalue weighted by atomic mass is 10.2. The highest BCUT2D eigenvalue weighted by atomic mass is 35.5. The Hall–Kier alpha value is -1.65. The quantitative estimate of drug-likeness (QED) is 0.491. The topological polar surface area (TPSA) is 40.7 Å². The first-order valence-corrected chi connectivity index (χ1v) is 7.13. The summed E-state index contributed by atoms with van der Waals surface area (Å²) >= 11 is 7.85. The third-order valence-electron chi connectivity index (χ3n) is 3.24. The van der Waals surface area contributed by atoms with Gasteiger partial charge in [0.05, 0.1) is 16.9 Å². The van der Waals surface area contributed by atoms with Crippen molar-refractivity contribution in [2.75, 3.05) is 5.32 Å². The van der Waals surface area contributed by atoms with Crippen LogP contribution in [-0.2, 0) is 0 Å². The number of hydrogen-bond donors (Lipinski definition) is 2. The fourth-order valence-electron chi connectivity index (χ4n) is 2.27. The summed E-state index contributed by atoms with van der Waals surface area (Å²) in [4.78, 5) is 2.42. The number of anilines is 2. The molecule has 0 saturated carbocycles. The van der Waals surface area contributed by atoms with Gasteiger partial charge in [0.2, 0.25) is 0 Å². The van der Waals surface area contributed by atoms with Crippen molar-refractivity contribution in [2.24, 2.45) is 0 Å². The van der Waals surface area contributed by atoms with Crippen molar-refractivity contribution >= 4 is 45.6 Å². The number of rotatable bonds is 0. The molecule has 0 unspecified atom stereocenters. The lowest BCUT2D eigenvalue weighted by Crippen LogP contribution is -1.99. The van der Waals surface area contributed by atoms with E-state index in [9.17, 15) is 0 Å². The monoisotopic (exact) mass is 287 g/mol. The first-order valence-electron chi connectivity index (χ1n) is 5.94. The van der Waals surface area contributed by atoms with Crippen LogP contribution in [-0.4, -0.2) is 10.2 Å². The van der Waals surface area contributed by atoms with E-state index in [1.165, 1.54) is 15.4 Å². The lowest BCUT2D eigenvalue weighted by molar-refractivity contribution is 1.12. The van der Waals surface area contributed by atoms with E-state index in [1.807, 2.05) is 6.07 Å². The van der Waals surface area contributed by atoms with Gasteiger partial charge in [0, 0.05) is 15.2 Å². The van der Waals surface area contributed by atoms with Crippen LogP contribution in [0.4, 0.5) is 11.4 Å². The zero-order chi connectivity index (χ0) is 13.0. The minimum absolute atomic E-state index is 0.591. The number of nitrogens with one attached hydrogen (secondary N) is 2. The van der Waals surface area contributed by atoms with Gasteiger partial charge in [-0.15, -0.1) is 0 Å². The van der Waals surface area contributed by atoms with Crippen molar-refractivity contribution in [3.63, 3.8) is 0 Å². The number of H-pyrrole nitrogens is 1. The van der Waals surface area contributed by atoms with E-state index in [4.69, 9.17) is 11.6 Å². The van der Waals surface area contributed by atoms with Gasteiger partial charge in [-0.2, -0.15) is 5.10 Å². The molecule has 0 amide bonds. The van der Waals surface area contributed by atoms with Crippen molar-refractivity contribution in [1.82, 2.24) is 10.2 Å². The van der Waals surface area contributed by atoms with E-state index in [0.717, 1.165) is 22.3 Å². The molecule has 0 bridgehead atoms. The summed E-state index contributed by atoms with van der Waals surface area (Å²) in [7, 11) is 0. The van der Waals surface area contributed by atoms with Crippen molar-refractivity contribution in [3.05, 3.63) is 41.0 Å². The largest absolute Gasteiger partial charge is 0.354 e. The minimum atomic E-state index is 0.591. The highest BCUT2D eigenvalue weighted by molar-refractivity contribution is 7.99. The molecular formula is C14H10ClN3S. The summed E-state index contributed by atoms with van der Waals surface area (Å²) < 4.78 is 0. The molecule has 94 valence electrons. The predicted molar refractivity (Wildman–Crippen MR) is 79.7 cm³/mol. The van der Waals surface area contributed by atoms with Crippen molar-refractivity contribution < 1.29 is 0 Å². The number of hydrogen-bond acceptors (Lipinski definition) is 3. The van der Waals surface area contributed by atoms with E-state index in [-0.39, 0.29) is 0 Å². The van der Waals surface area contributed by atoms with Crippen LogP contribution in [0.1, 0.15) is 5.56 Å². The van der Waals surface area contributed by atoms with Crippen LogP contribution in [0.25, 0.3) is 10.9 Å². The summed E-state index contributed by atoms with van der Waals surface area (Å²) in [6, 6.07) is 10.5. The maximum Gasteiger partial charge on any atom is 0.132 e. The molecule has 2 heterocycles. The molecule has 19 heavy (non-hydrogen) atoms. The number of aromatic nitrogens is 2. The maximum atomic E-state index is 6.09. The molecule has 2 N–H and O–H groups in total. The molecule has 0 fully saturated rings. The minimum Gasteiger partial charge on any atom is -0.354 e. The first-order chi connectivity index (χ1) is 9.20. The summed E-state index contributed by atoms with van der Waals surface area (Å²) in [5.74, 6) is 0. The van der Waals surface area contributed by atoms with Gasteiger partial charge < -0.3 is 5.32 Å². The molecule has 0 saturated heterocycles. The van der Waals surface area contributed by atoms with Crippen LogP contribution < -0.4 is 5.32 Å². The average molecular weight is 288 g/mol. The highest BCUT2D eigenvalue weighted by Gasteiger charge is 2.18. The van der Waals surface area contributed by atoms with Crippen LogP contribution in [0.5, 0.6) is 0 Å². The molecule has 1 aliphatic heterocycles. The van der Waals surface area contributed by atoms with E-state index in [2.05, 4.69) is 46.7 Å². The summed E-state index contributed by atoms with van der Waals surface area (Å²) in [5.41, 5.74) is 4.37. The Labute approximate surface area is 119 Å². The SMILES string of the molecule is Cc1ccc2c(c1)Sc1cc3c(Cl)[nH]nc3cc1N2. The first kappa shape index (κ1) is 11.2. The van der Waals surface area contributed by atoms with Gasteiger partial charge in [-0.1, -0.05) is 29.4 Å². The Morgan fingerprint density at radius 1 is 1.11 bits per heavy atom. The van der Waals surface area contributed by atoms with Gasteiger partial charge in [-0.05, 0) is 36.8 Å². The Kier molecular flexibility index (Phi) is 2.31. The fourth-order valence-corrected chi connectivity index (χ4v) is 3.57. The average Bonchev–Trinajstić information content (AvgIpc) is 2.75. The second kappa shape index (κ2) is 3.92. The zero-order valence-electron chi connectivity index (χ0n) is 10.1. The second-order valence-electron chi connectivity index (χ2n) is 4.63. The summed E-state index contributed by atoms with van der Waals surface area (Å²) in [6.07, 6.45) is 0. The number of aromatic amines is 1. The number of nitrogens with zero attached hydrogens (tertiary/aromatic N) is 1.